The van der Waals surface area contributed by atoms with Crippen molar-refractivity contribution in [3.8, 4) is 0 Å². The molecule has 0 heterocycles. The number of rotatable bonds is 2. The van der Waals surface area contributed by atoms with E-state index in [0.717, 1.165) is 10.0 Å². The zero-order valence-corrected chi connectivity index (χ0v) is 9.71. The van der Waals surface area contributed by atoms with E-state index < -0.39 is 0 Å². The molecule has 0 spiro atoms. The molecule has 0 atom stereocenters. The summed E-state index contributed by atoms with van der Waals surface area (Å²) in [5, 5.41) is 9.97. The van der Waals surface area contributed by atoms with Crippen LogP contribution in [-0.4, -0.2) is 22.7 Å². The number of hydrogen-bond acceptors (Lipinski definition) is 2. The van der Waals surface area contributed by atoms with Gasteiger partial charge in [0.05, 0.1) is 0 Å². The molecule has 1 N–H and O–H groups in total. The lowest BCUT2D eigenvalue weighted by molar-refractivity contribution is -0.0542. The normalized spacial score (nSPS) is 10.0. The lowest BCUT2D eigenvalue weighted by Crippen LogP contribution is -2.27. The minimum absolute atomic E-state index is 0.283. The van der Waals surface area contributed by atoms with Gasteiger partial charge in [-0.15, -0.1) is 0 Å². The Labute approximate surface area is 91.4 Å². The van der Waals surface area contributed by atoms with E-state index in [9.17, 15) is 10.0 Å². The molecule has 1 rings (SSSR count). The first-order chi connectivity index (χ1) is 6.57. The third-order valence-corrected chi connectivity index (χ3v) is 2.89. The predicted octanol–water partition coefficient (Wildman–Crippen LogP) is 2.61. The fourth-order valence-electron chi connectivity index (χ4n) is 1.12. The van der Waals surface area contributed by atoms with Crippen LogP contribution in [0.1, 0.15) is 22.8 Å². The monoisotopic (exact) mass is 257 g/mol. The second-order valence-corrected chi connectivity index (χ2v) is 3.79. The van der Waals surface area contributed by atoms with Gasteiger partial charge in [0.1, 0.15) is 0 Å². The highest BCUT2D eigenvalue weighted by Crippen LogP contribution is 2.20. The van der Waals surface area contributed by atoms with Crippen molar-refractivity contribution in [2.24, 2.45) is 0 Å². The summed E-state index contributed by atoms with van der Waals surface area (Å²) in [6.07, 6.45) is 0. The standard InChI is InChI=1S/C10H12BrNO2/c1-3-12(14)10(13)8-5-4-6-9(11)7(8)2/h4-6,14H,3H2,1-2H3. The molecule has 1 aromatic rings. The predicted molar refractivity (Wildman–Crippen MR) is 57.4 cm³/mol. The van der Waals surface area contributed by atoms with Gasteiger partial charge in [-0.3, -0.25) is 10.0 Å². The molecule has 4 heteroatoms. The zero-order valence-electron chi connectivity index (χ0n) is 8.12. The highest BCUT2D eigenvalue weighted by molar-refractivity contribution is 9.10. The van der Waals surface area contributed by atoms with Gasteiger partial charge < -0.3 is 0 Å². The van der Waals surface area contributed by atoms with E-state index in [0.29, 0.717) is 10.6 Å². The SMILES string of the molecule is CCN(O)C(=O)c1cccc(Br)c1C. The Balaban J connectivity index is 3.07. The van der Waals surface area contributed by atoms with Crippen molar-refractivity contribution in [2.45, 2.75) is 13.8 Å². The maximum atomic E-state index is 11.6. The van der Waals surface area contributed by atoms with Crippen LogP contribution in [0, 0.1) is 6.92 Å². The van der Waals surface area contributed by atoms with Gasteiger partial charge in [-0.25, -0.2) is 5.06 Å². The van der Waals surface area contributed by atoms with Crippen molar-refractivity contribution in [3.63, 3.8) is 0 Å². The van der Waals surface area contributed by atoms with Crippen LogP contribution in [0.25, 0.3) is 0 Å². The molecular formula is C10H12BrNO2. The Morgan fingerprint density at radius 1 is 1.57 bits per heavy atom. The molecule has 0 aromatic heterocycles. The molecule has 0 bridgehead atoms. The summed E-state index contributed by atoms with van der Waals surface area (Å²) in [5.41, 5.74) is 1.36. The minimum atomic E-state index is -0.369. The first-order valence-corrected chi connectivity index (χ1v) is 5.13. The average molecular weight is 258 g/mol. The van der Waals surface area contributed by atoms with Gasteiger partial charge in [-0.1, -0.05) is 22.0 Å². The lowest BCUT2D eigenvalue weighted by atomic mass is 10.1. The lowest BCUT2D eigenvalue weighted by Gasteiger charge is -2.14. The second-order valence-electron chi connectivity index (χ2n) is 2.93. The molecule has 0 fully saturated rings. The van der Waals surface area contributed by atoms with Crippen LogP contribution >= 0.6 is 15.9 Å². The second kappa shape index (κ2) is 4.57. The number of hydroxylamine groups is 2. The number of benzene rings is 1. The summed E-state index contributed by atoms with van der Waals surface area (Å²) in [6.45, 7) is 3.83. The van der Waals surface area contributed by atoms with Crippen LogP contribution in [0.3, 0.4) is 0 Å². The summed E-state index contributed by atoms with van der Waals surface area (Å²) >= 11 is 3.33. The van der Waals surface area contributed by atoms with Crippen molar-refractivity contribution in [2.75, 3.05) is 6.54 Å². The van der Waals surface area contributed by atoms with Gasteiger partial charge in [0, 0.05) is 16.6 Å². The number of carbonyl (C=O) groups is 1. The average Bonchev–Trinajstić information content (AvgIpc) is 2.20. The molecule has 0 aliphatic carbocycles. The van der Waals surface area contributed by atoms with E-state index in [4.69, 9.17) is 0 Å². The molecule has 0 aliphatic rings. The largest absolute Gasteiger partial charge is 0.286 e. The first-order valence-electron chi connectivity index (χ1n) is 4.33. The smallest absolute Gasteiger partial charge is 0.277 e. The fourth-order valence-corrected chi connectivity index (χ4v) is 1.49. The molecule has 76 valence electrons. The Morgan fingerprint density at radius 2 is 2.21 bits per heavy atom. The molecule has 0 unspecified atom stereocenters. The van der Waals surface area contributed by atoms with Crippen molar-refractivity contribution in [3.05, 3.63) is 33.8 Å². The third kappa shape index (κ3) is 2.13. The Hall–Kier alpha value is -0.870. The molecule has 1 amide bonds. The van der Waals surface area contributed by atoms with Crippen LogP contribution in [0.4, 0.5) is 0 Å². The van der Waals surface area contributed by atoms with Crippen molar-refractivity contribution in [1.82, 2.24) is 5.06 Å². The molecular weight excluding hydrogens is 246 g/mol. The van der Waals surface area contributed by atoms with E-state index in [1.807, 2.05) is 13.0 Å². The number of carbonyl (C=O) groups excluding carboxylic acids is 1. The molecule has 3 nitrogen and oxygen atoms in total. The van der Waals surface area contributed by atoms with Crippen LogP contribution in [0.5, 0.6) is 0 Å². The van der Waals surface area contributed by atoms with E-state index in [1.165, 1.54) is 0 Å². The molecule has 0 aliphatic heterocycles. The van der Waals surface area contributed by atoms with Crippen molar-refractivity contribution in [1.29, 1.82) is 0 Å². The topological polar surface area (TPSA) is 40.5 Å². The fraction of sp³-hybridized carbons (Fsp3) is 0.300. The highest BCUT2D eigenvalue weighted by atomic mass is 79.9. The molecule has 0 saturated heterocycles. The number of amides is 1. The van der Waals surface area contributed by atoms with Gasteiger partial charge in [0.2, 0.25) is 0 Å². The molecule has 14 heavy (non-hydrogen) atoms. The molecule has 0 radical (unpaired) electrons. The maximum Gasteiger partial charge on any atom is 0.277 e. The van der Waals surface area contributed by atoms with E-state index >= 15 is 0 Å². The summed E-state index contributed by atoms with van der Waals surface area (Å²) in [4.78, 5) is 11.6. The van der Waals surface area contributed by atoms with E-state index in [2.05, 4.69) is 15.9 Å². The molecule has 0 saturated carbocycles. The third-order valence-electron chi connectivity index (χ3n) is 2.03. The Morgan fingerprint density at radius 3 is 2.79 bits per heavy atom. The Kier molecular flexibility index (Phi) is 3.66. The summed E-state index contributed by atoms with van der Waals surface area (Å²) in [6, 6.07) is 5.33. The quantitative estimate of drug-likeness (QED) is 0.654. The summed E-state index contributed by atoms with van der Waals surface area (Å²) < 4.78 is 0.868. The highest BCUT2D eigenvalue weighted by Gasteiger charge is 2.14. The van der Waals surface area contributed by atoms with Crippen molar-refractivity contribution < 1.29 is 10.0 Å². The number of nitrogens with zero attached hydrogens (tertiary/aromatic N) is 1. The van der Waals surface area contributed by atoms with Gasteiger partial charge >= 0.3 is 0 Å². The number of hydrogen-bond donors (Lipinski definition) is 1. The Bertz CT molecular complexity index is 352. The summed E-state index contributed by atoms with van der Waals surface area (Å²) in [5.74, 6) is -0.369. The van der Waals surface area contributed by atoms with Crippen LogP contribution in [0.2, 0.25) is 0 Å². The van der Waals surface area contributed by atoms with Gasteiger partial charge in [-0.2, -0.15) is 0 Å². The maximum absolute atomic E-state index is 11.6. The minimum Gasteiger partial charge on any atom is -0.286 e. The van der Waals surface area contributed by atoms with Gasteiger partial charge in [0.15, 0.2) is 0 Å². The van der Waals surface area contributed by atoms with Crippen LogP contribution in [0.15, 0.2) is 22.7 Å². The number of halogens is 1. The van der Waals surface area contributed by atoms with Crippen molar-refractivity contribution >= 4 is 21.8 Å². The first kappa shape index (κ1) is 11.2. The molecule has 1 aromatic carbocycles. The van der Waals surface area contributed by atoms with E-state index in [-0.39, 0.29) is 12.5 Å². The zero-order chi connectivity index (χ0) is 10.7. The van der Waals surface area contributed by atoms with Gasteiger partial charge in [0.25, 0.3) is 5.91 Å². The van der Waals surface area contributed by atoms with Crippen LogP contribution in [-0.2, 0) is 0 Å². The van der Waals surface area contributed by atoms with Crippen LogP contribution < -0.4 is 0 Å². The summed E-state index contributed by atoms with van der Waals surface area (Å²) in [7, 11) is 0. The van der Waals surface area contributed by atoms with Gasteiger partial charge in [-0.05, 0) is 31.5 Å². The van der Waals surface area contributed by atoms with E-state index in [1.54, 1.807) is 19.1 Å².